The molecule has 1 aliphatic heterocycles. The summed E-state index contributed by atoms with van der Waals surface area (Å²) in [6, 6.07) is 0.101. The Balaban J connectivity index is 1.58. The number of rotatable bonds is 5. The molecular weight excluding hydrogens is 378 g/mol. The maximum Gasteiger partial charge on any atom is 0.241 e. The summed E-state index contributed by atoms with van der Waals surface area (Å²) in [4.78, 5) is 38.9. The van der Waals surface area contributed by atoms with Crippen LogP contribution in [0.2, 0.25) is 0 Å². The van der Waals surface area contributed by atoms with Crippen molar-refractivity contribution in [2.45, 2.75) is 85.1 Å². The highest BCUT2D eigenvalue weighted by molar-refractivity contribution is 5.80. The normalized spacial score (nSPS) is 42.7. The van der Waals surface area contributed by atoms with E-state index in [0.717, 1.165) is 58.0 Å². The highest BCUT2D eigenvalue weighted by atomic mass is 16.2. The molecule has 6 nitrogen and oxygen atoms in total. The van der Waals surface area contributed by atoms with Crippen LogP contribution in [0.4, 0.5) is 0 Å². The number of fused-ring (bicyclic) bond motifs is 5. The molecule has 0 aromatic carbocycles. The predicted molar refractivity (Wildman–Crippen MR) is 115 cm³/mol. The van der Waals surface area contributed by atoms with Gasteiger partial charge in [0, 0.05) is 25.4 Å². The first kappa shape index (κ1) is 21.6. The van der Waals surface area contributed by atoms with Gasteiger partial charge in [-0.1, -0.05) is 13.8 Å². The van der Waals surface area contributed by atoms with Gasteiger partial charge < -0.3 is 4.90 Å². The number of carbonyl (C=O) groups excluding carboxylic acids is 3. The largest absolute Gasteiger partial charge is 0.343 e. The molecular formula is C24H39N3O3. The monoisotopic (exact) mass is 417 g/mol. The van der Waals surface area contributed by atoms with Crippen LogP contribution in [-0.4, -0.2) is 47.3 Å². The Kier molecular flexibility index (Phi) is 5.65. The number of nitrogens with one attached hydrogen (secondary N) is 1. The number of carbonyl (C=O) groups is 3. The number of hydrazine groups is 1. The lowest BCUT2D eigenvalue weighted by atomic mass is 9.47. The smallest absolute Gasteiger partial charge is 0.241 e. The van der Waals surface area contributed by atoms with Crippen LogP contribution in [-0.2, 0) is 14.4 Å². The fourth-order valence-electron chi connectivity index (χ4n) is 8.26. The van der Waals surface area contributed by atoms with Crippen molar-refractivity contribution in [3.63, 3.8) is 0 Å². The summed E-state index contributed by atoms with van der Waals surface area (Å²) in [7, 11) is 0. The Bertz CT molecular complexity index is 708. The molecule has 6 heteroatoms. The van der Waals surface area contributed by atoms with E-state index in [1.165, 1.54) is 0 Å². The third-order valence-corrected chi connectivity index (χ3v) is 9.84. The first-order valence-corrected chi connectivity index (χ1v) is 12.1. The molecule has 0 radical (unpaired) electrons. The van der Waals surface area contributed by atoms with E-state index in [1.54, 1.807) is 5.01 Å². The van der Waals surface area contributed by atoms with Gasteiger partial charge in [-0.25, -0.2) is 0 Å². The van der Waals surface area contributed by atoms with Gasteiger partial charge in [-0.05, 0) is 87.4 Å². The van der Waals surface area contributed by atoms with Crippen LogP contribution in [0, 0.1) is 34.5 Å². The van der Waals surface area contributed by atoms with Crippen molar-refractivity contribution in [1.82, 2.24) is 15.3 Å². The van der Waals surface area contributed by atoms with E-state index >= 15 is 0 Å². The lowest BCUT2D eigenvalue weighted by molar-refractivity contribution is -0.171. The zero-order chi connectivity index (χ0) is 21.7. The van der Waals surface area contributed by atoms with Crippen molar-refractivity contribution in [2.24, 2.45) is 34.5 Å². The third kappa shape index (κ3) is 3.00. The molecule has 1 N–H and O–H groups in total. The highest BCUT2D eigenvalue weighted by Crippen LogP contribution is 2.66. The minimum Gasteiger partial charge on any atom is -0.343 e. The van der Waals surface area contributed by atoms with Crippen LogP contribution in [0.25, 0.3) is 0 Å². The summed E-state index contributed by atoms with van der Waals surface area (Å²) >= 11 is 0. The SMILES string of the molecule is CCN(CC)C(=O)[C@H]1CC[C@H]2[C@@H]3CC[C@H]4N(NC=O)C(=O)CC[C@]4(C)[C@H]3CC[C@]12C. The van der Waals surface area contributed by atoms with Crippen LogP contribution in [0.3, 0.4) is 0 Å². The molecule has 7 atom stereocenters. The molecule has 30 heavy (non-hydrogen) atoms. The fraction of sp³-hybridized carbons (Fsp3) is 0.875. The van der Waals surface area contributed by atoms with Gasteiger partial charge >= 0.3 is 0 Å². The maximum atomic E-state index is 13.3. The van der Waals surface area contributed by atoms with Crippen molar-refractivity contribution < 1.29 is 14.4 Å². The average Bonchev–Trinajstić information content (AvgIpc) is 3.08. The molecule has 0 spiro atoms. The lowest BCUT2D eigenvalue weighted by Crippen LogP contribution is -2.65. The van der Waals surface area contributed by atoms with Gasteiger partial charge in [0.25, 0.3) is 0 Å². The number of piperidine rings is 1. The summed E-state index contributed by atoms with van der Waals surface area (Å²) in [6.07, 6.45) is 8.55. The predicted octanol–water partition coefficient (Wildman–Crippen LogP) is 3.37. The molecule has 0 bridgehead atoms. The van der Waals surface area contributed by atoms with Crippen molar-refractivity contribution in [2.75, 3.05) is 13.1 Å². The molecule has 4 rings (SSSR count). The molecule has 4 aliphatic rings. The molecule has 0 aromatic rings. The van der Waals surface area contributed by atoms with E-state index in [4.69, 9.17) is 0 Å². The molecule has 3 saturated carbocycles. The molecule has 0 aromatic heterocycles. The van der Waals surface area contributed by atoms with Crippen molar-refractivity contribution in [3.8, 4) is 0 Å². The van der Waals surface area contributed by atoms with Crippen molar-refractivity contribution >= 4 is 18.2 Å². The number of nitrogens with zero attached hydrogens (tertiary/aromatic N) is 2. The van der Waals surface area contributed by atoms with Crippen LogP contribution in [0.1, 0.15) is 79.1 Å². The van der Waals surface area contributed by atoms with E-state index < -0.39 is 0 Å². The summed E-state index contributed by atoms with van der Waals surface area (Å²) in [5.41, 5.74) is 2.87. The van der Waals surface area contributed by atoms with Gasteiger partial charge in [-0.15, -0.1) is 0 Å². The molecule has 1 saturated heterocycles. The Morgan fingerprint density at radius 1 is 1.07 bits per heavy atom. The van der Waals surface area contributed by atoms with Crippen LogP contribution in [0.5, 0.6) is 0 Å². The second-order valence-corrected chi connectivity index (χ2v) is 10.7. The van der Waals surface area contributed by atoms with E-state index in [2.05, 4.69) is 33.1 Å². The summed E-state index contributed by atoms with van der Waals surface area (Å²) in [5.74, 6) is 2.38. The summed E-state index contributed by atoms with van der Waals surface area (Å²) < 4.78 is 0. The standard InChI is InChI=1S/C24H39N3O3/c1-5-26(6-2)22(30)19-9-8-17-16-7-10-20-24(4,18(16)11-13-23(17,19)3)14-12-21(29)27(20)25-15-28/h15-20H,5-14H2,1-4H3,(H,25,28)/t16-,17-,18-,19+,20+,23-,24+/m0/s1. The van der Waals surface area contributed by atoms with Crippen LogP contribution < -0.4 is 5.43 Å². The Morgan fingerprint density at radius 2 is 1.77 bits per heavy atom. The van der Waals surface area contributed by atoms with Gasteiger partial charge in [0.1, 0.15) is 0 Å². The maximum absolute atomic E-state index is 13.3. The van der Waals surface area contributed by atoms with E-state index in [9.17, 15) is 14.4 Å². The van der Waals surface area contributed by atoms with Gasteiger partial charge in [0.2, 0.25) is 18.2 Å². The Morgan fingerprint density at radius 3 is 2.43 bits per heavy atom. The first-order chi connectivity index (χ1) is 14.3. The van der Waals surface area contributed by atoms with Crippen LogP contribution >= 0.6 is 0 Å². The number of hydrogen-bond donors (Lipinski definition) is 1. The van der Waals surface area contributed by atoms with Crippen LogP contribution in [0.15, 0.2) is 0 Å². The van der Waals surface area contributed by atoms with Crippen molar-refractivity contribution in [3.05, 3.63) is 0 Å². The quantitative estimate of drug-likeness (QED) is 0.697. The van der Waals surface area contributed by atoms with E-state index in [-0.39, 0.29) is 28.7 Å². The molecule has 168 valence electrons. The highest BCUT2D eigenvalue weighted by Gasteiger charge is 2.62. The number of hydrogen-bond acceptors (Lipinski definition) is 3. The van der Waals surface area contributed by atoms with E-state index in [0.29, 0.717) is 36.5 Å². The molecule has 3 aliphatic carbocycles. The van der Waals surface area contributed by atoms with Gasteiger partial charge in [-0.3, -0.25) is 24.8 Å². The lowest BCUT2D eigenvalue weighted by Gasteiger charge is -2.61. The molecule has 3 amide bonds. The Labute approximate surface area is 181 Å². The zero-order valence-electron chi connectivity index (χ0n) is 19.2. The summed E-state index contributed by atoms with van der Waals surface area (Å²) in [6.45, 7) is 10.5. The van der Waals surface area contributed by atoms with Crippen molar-refractivity contribution in [1.29, 1.82) is 0 Å². The average molecular weight is 418 g/mol. The molecule has 0 unspecified atom stereocenters. The van der Waals surface area contributed by atoms with Gasteiger partial charge in [0.05, 0.1) is 6.04 Å². The topological polar surface area (TPSA) is 69.7 Å². The second kappa shape index (κ2) is 7.83. The molecule has 1 heterocycles. The molecule has 4 fully saturated rings. The first-order valence-electron chi connectivity index (χ1n) is 12.1. The third-order valence-electron chi connectivity index (χ3n) is 9.84. The minimum atomic E-state index is 0.0504. The van der Waals surface area contributed by atoms with Gasteiger partial charge in [-0.2, -0.15) is 0 Å². The minimum absolute atomic E-state index is 0.0504. The Hall–Kier alpha value is -1.59. The second-order valence-electron chi connectivity index (χ2n) is 10.7. The number of amides is 3. The summed E-state index contributed by atoms with van der Waals surface area (Å²) in [5, 5.41) is 1.64. The van der Waals surface area contributed by atoms with Gasteiger partial charge in [0.15, 0.2) is 0 Å². The fourth-order valence-corrected chi connectivity index (χ4v) is 8.26. The van der Waals surface area contributed by atoms with E-state index in [1.807, 2.05) is 4.90 Å². The zero-order valence-corrected chi connectivity index (χ0v) is 19.2.